The van der Waals surface area contributed by atoms with Crippen LogP contribution in [0.1, 0.15) is 120 Å². The molecule has 19 N–H and O–H groups in total. The molecule has 738 valence electrons. The summed E-state index contributed by atoms with van der Waals surface area (Å²) in [4.78, 5) is 133. The second kappa shape index (κ2) is 47.7. The molecule has 4 fully saturated rings. The third kappa shape index (κ3) is 26.5. The molecule has 6 amide bonds. The SMILES string of the molecule is Cc1ncsc1-c1ccc(CNC(=O)[C@@H]2C[C@@H](O)CN2C(=O)[C@@H](CC(=O)COCCN)C(C)(C)C)cc1.Cc1ncsc1-c1ccc(CNC(=O)[C@@H]2C[C@@H](O)CN2C(=O)[C@@H](NC(=O)COCCNC(=O)COc2cc([C@@H](O)[C@H]3O[C@@H](n4ccc5c(N)ncnc54)[C@H](O)[C@@H]3O)ccc2Cl)C(C)(C)C)cc1.Nc1ncnc2c1ccn2[C@@H]1O[C@H]([C@H](O)c2ccc(Cl)c(OCC(=O)O)c2)[C@@H](O)[C@H]1O.[2H]CF. The summed E-state index contributed by atoms with van der Waals surface area (Å²) in [6, 6.07) is 24.7. The van der Waals surface area contributed by atoms with Crippen molar-refractivity contribution in [2.75, 3.05) is 84.4 Å². The molecule has 0 bridgehead atoms. The van der Waals surface area contributed by atoms with Crippen LogP contribution in [0, 0.1) is 30.6 Å². The number of carboxylic acid groups (broad SMARTS) is 1. The number of hydrogen-bond donors (Lipinski definition) is 16. The predicted molar refractivity (Wildman–Crippen MR) is 502 cm³/mol. The Morgan fingerprint density at radius 3 is 1.45 bits per heavy atom. The number of aliphatic carboxylic acids is 1. The summed E-state index contributed by atoms with van der Waals surface area (Å²) in [6.07, 6.45) is -9.04. The molecule has 45 heteroatoms. The summed E-state index contributed by atoms with van der Waals surface area (Å²) in [7, 11) is -1.00. The van der Waals surface area contributed by atoms with Gasteiger partial charge in [0.2, 0.25) is 29.5 Å². The van der Waals surface area contributed by atoms with Crippen LogP contribution in [0.25, 0.3) is 42.9 Å². The van der Waals surface area contributed by atoms with Crippen LogP contribution in [0.4, 0.5) is 16.0 Å². The van der Waals surface area contributed by atoms with E-state index in [1.807, 2.05) is 88.7 Å². The minimum absolute atomic E-state index is 0.000573. The molecule has 4 aliphatic rings. The average Bonchev–Trinajstić information content (AvgIpc) is 1.61. The van der Waals surface area contributed by atoms with E-state index in [9.17, 15) is 83.6 Å². The van der Waals surface area contributed by atoms with Crippen LogP contribution in [0.5, 0.6) is 11.5 Å². The number of Topliss-reactive ketones (excluding diaryl/α,β-unsaturated/α-hetero) is 1. The number of rotatable bonds is 34. The zero-order valence-electron chi connectivity index (χ0n) is 77.1. The number of carbonyl (C=O) groups is 8. The van der Waals surface area contributed by atoms with Crippen molar-refractivity contribution in [1.82, 2.24) is 70.1 Å². The van der Waals surface area contributed by atoms with Crippen LogP contribution in [-0.2, 0) is 70.4 Å². The molecular weight excluding hydrogens is 1870 g/mol. The molecule has 10 aromatic rings. The third-order valence-electron chi connectivity index (χ3n) is 23.2. The molecule has 4 aliphatic heterocycles. The number of nitrogens with two attached hydrogens (primary N) is 3. The van der Waals surface area contributed by atoms with Gasteiger partial charge in [0, 0.05) is 76.8 Å². The average molecular weight is 1980 g/mol. The highest BCUT2D eigenvalue weighted by atomic mass is 35.5. The number of aliphatic hydroxyl groups excluding tert-OH is 8. The van der Waals surface area contributed by atoms with E-state index in [1.54, 1.807) is 73.5 Å². The quantitative estimate of drug-likeness (QED) is 0.0232. The van der Waals surface area contributed by atoms with Gasteiger partial charge in [-0.1, -0.05) is 125 Å². The number of nitrogens with zero attached hydrogens (tertiary/aromatic N) is 10. The van der Waals surface area contributed by atoms with E-state index in [2.05, 4.69) is 51.2 Å². The summed E-state index contributed by atoms with van der Waals surface area (Å²) >= 11 is 15.5. The number of aromatic nitrogens is 8. The Morgan fingerprint density at radius 1 is 0.577 bits per heavy atom. The number of hydrogen-bond acceptors (Lipinski definition) is 33. The second-order valence-corrected chi connectivity index (χ2v) is 37.6. The molecule has 16 atom stereocenters. The van der Waals surface area contributed by atoms with Crippen LogP contribution in [-0.4, -0.2) is 282 Å². The molecule has 4 saturated heterocycles. The van der Waals surface area contributed by atoms with E-state index >= 15 is 0 Å². The molecule has 0 radical (unpaired) electrons. The number of thiazole rings is 2. The number of carboxylic acids is 1. The van der Waals surface area contributed by atoms with Crippen molar-refractivity contribution in [1.29, 1.82) is 0 Å². The molecule has 14 rings (SSSR count). The van der Waals surface area contributed by atoms with Gasteiger partial charge in [-0.3, -0.25) is 38.0 Å². The Hall–Kier alpha value is -11.5. The smallest absolute Gasteiger partial charge is 0.341 e. The molecule has 40 nitrogen and oxygen atoms in total. The number of nitrogen functional groups attached to an aromatic ring is 2. The number of ketones is 1. The molecule has 0 saturated carbocycles. The molecular formula is C92H114Cl2FN17O23S2. The minimum Gasteiger partial charge on any atom is -0.482 e. The van der Waals surface area contributed by atoms with E-state index < -0.39 is 165 Å². The molecule has 10 heterocycles. The second-order valence-electron chi connectivity index (χ2n) is 35.1. The van der Waals surface area contributed by atoms with E-state index in [0.717, 1.165) is 43.4 Å². The number of ether oxygens (including phenoxy) is 6. The Kier molecular flexibility index (Phi) is 36.4. The number of likely N-dealkylation sites (tertiary alicyclic amines) is 2. The van der Waals surface area contributed by atoms with Gasteiger partial charge in [-0.05, 0) is 94.5 Å². The van der Waals surface area contributed by atoms with Gasteiger partial charge < -0.3 is 132 Å². The number of halogens is 3. The molecule has 0 unspecified atom stereocenters. The van der Waals surface area contributed by atoms with Crippen LogP contribution < -0.4 is 47.9 Å². The van der Waals surface area contributed by atoms with Crippen molar-refractivity contribution in [3.05, 3.63) is 177 Å². The molecule has 0 aliphatic carbocycles. The number of alkyl halides is 1. The zero-order chi connectivity index (χ0) is 100. The van der Waals surface area contributed by atoms with Crippen LogP contribution in [0.3, 0.4) is 0 Å². The predicted octanol–water partition coefficient (Wildman–Crippen LogP) is 5.13. The number of aliphatic hydroxyl groups is 8. The van der Waals surface area contributed by atoms with Crippen LogP contribution >= 0.6 is 45.9 Å². The number of aryl methyl sites for hydroxylation is 2. The van der Waals surface area contributed by atoms with Gasteiger partial charge in [0.15, 0.2) is 31.5 Å². The largest absolute Gasteiger partial charge is 0.482 e. The molecule has 137 heavy (non-hydrogen) atoms. The standard InChI is InChI=1S/C45H54ClN9O11S.C27H38N4O5S.C19H19ClN4O7.CH3F/c1-23-38(67-22-52-23)25-7-5-24(6-8-25)17-49-42(62)30-16-27(56)18-55(30)43(63)39(45(2,3)4)53-33(58)19-64-14-12-48-32(57)20-65-31-15-26(9-10-29(31)46)34(59)37-35(60)36(61)44(66-37)54-13-11-28-40(47)50-21-51-41(28)54;1-17-24(37-16-30-17)19-7-5-18(6-8-19)13-29-25(34)23-12-20(32)14-31(23)26(35)22(27(2,3)4)11-21(33)15-36-10-9-28;20-10-2-1-8(5-11(10)30-6-12(25)26)13(27)16-14(28)15(29)19(31-16)24-4-3-9-17(21)22-7-23-18(9)24;1-2/h5-11,13,15,21-22,27,30,34-37,39,44,56,59-61H,12,14,16-20H2,1-4H3,(H,48,57)(H,49,62)(H,53,58)(H2,47,50,51);5-8,16,20,22-23,32H,9-15,28H2,1-4H3,(H,29,34);1-5,7,13-16,19,27-29H,6H2,(H,25,26)(H2,21,22,23);1H3/t27-,30+,34-,35+,36-,37-,39-,44-;20-,22-,23+;13-,14+,15-,16-,19-;/m111./s1/i;;;1D. The lowest BCUT2D eigenvalue weighted by molar-refractivity contribution is -0.146. The first-order valence-electron chi connectivity index (χ1n) is 44.2. The van der Waals surface area contributed by atoms with Gasteiger partial charge in [-0.25, -0.2) is 34.7 Å². The Balaban J connectivity index is 0.000000215. The number of anilines is 2. The van der Waals surface area contributed by atoms with Gasteiger partial charge >= 0.3 is 5.97 Å². The zero-order valence-corrected chi connectivity index (χ0v) is 79.3. The van der Waals surface area contributed by atoms with Crippen molar-refractivity contribution in [2.45, 2.75) is 179 Å². The number of nitrogens with one attached hydrogen (secondary N) is 4. The maximum Gasteiger partial charge on any atom is 0.341 e. The maximum absolute atomic E-state index is 14.0. The summed E-state index contributed by atoms with van der Waals surface area (Å²) in [5.41, 5.74) is 26.5. The Morgan fingerprint density at radius 2 is 1.02 bits per heavy atom. The van der Waals surface area contributed by atoms with Crippen LogP contribution in [0.15, 0.2) is 133 Å². The third-order valence-corrected chi connectivity index (χ3v) is 25.8. The van der Waals surface area contributed by atoms with Crippen molar-refractivity contribution < 1.29 is 118 Å². The lowest BCUT2D eigenvalue weighted by Crippen LogP contribution is -2.58. The van der Waals surface area contributed by atoms with Gasteiger partial charge in [0.05, 0.1) is 86.9 Å². The first-order valence-corrected chi connectivity index (χ1v) is 46.0. The lowest BCUT2D eigenvalue weighted by Gasteiger charge is -2.35. The number of carbonyl (C=O) groups excluding carboxylic acids is 7. The fourth-order valence-electron chi connectivity index (χ4n) is 16.0. The van der Waals surface area contributed by atoms with Gasteiger partial charge in [0.1, 0.15) is 127 Å². The number of fused-ring (bicyclic) bond motifs is 2. The molecule has 0 spiro atoms. The van der Waals surface area contributed by atoms with Gasteiger partial charge in [-0.15, -0.1) is 22.7 Å². The van der Waals surface area contributed by atoms with E-state index in [-0.39, 0.29) is 127 Å². The van der Waals surface area contributed by atoms with Crippen molar-refractivity contribution >= 4 is 127 Å². The number of benzene rings is 4. The highest BCUT2D eigenvalue weighted by Gasteiger charge is 2.51. The Labute approximate surface area is 806 Å². The normalized spacial score (nSPS) is 21.2. The number of β-amino-alcohol motifs (C(OH)–C–C–N with tert-alkyl or cyclic N) is 2. The van der Waals surface area contributed by atoms with Crippen molar-refractivity contribution in [3.8, 4) is 32.4 Å². The molecule has 6 aromatic heterocycles. The maximum atomic E-state index is 14.0. The fraction of sp³-hybridized carbons (Fsp3) is 0.457. The summed E-state index contributed by atoms with van der Waals surface area (Å²) in [6.45, 7) is 14.3. The Bertz CT molecular complexity index is 5860. The van der Waals surface area contributed by atoms with E-state index in [4.69, 9.17) is 75.3 Å². The van der Waals surface area contributed by atoms with E-state index in [0.29, 0.717) is 35.2 Å². The first-order chi connectivity index (χ1) is 65.6. The van der Waals surface area contributed by atoms with Gasteiger partial charge in [-0.2, -0.15) is 0 Å². The minimum atomic E-state index is -1.50. The monoisotopic (exact) mass is 1980 g/mol. The summed E-state index contributed by atoms with van der Waals surface area (Å²) < 4.78 is 51.7. The van der Waals surface area contributed by atoms with Crippen molar-refractivity contribution in [3.63, 3.8) is 0 Å². The van der Waals surface area contributed by atoms with Gasteiger partial charge in [0.25, 0.3) is 5.91 Å². The fourth-order valence-corrected chi connectivity index (χ4v) is 18.0. The summed E-state index contributed by atoms with van der Waals surface area (Å²) in [5.74, 6) is -4.17. The van der Waals surface area contributed by atoms with Crippen molar-refractivity contribution in [2.24, 2.45) is 22.5 Å². The first kappa shape index (κ1) is 104. The topological polar surface area (TPSA) is 594 Å². The van der Waals surface area contributed by atoms with Crippen LogP contribution in [0.2, 0.25) is 10.0 Å². The highest BCUT2D eigenvalue weighted by Crippen LogP contribution is 2.43. The lowest BCUT2D eigenvalue weighted by atomic mass is 9.77. The summed E-state index contributed by atoms with van der Waals surface area (Å²) in [5, 5.41) is 107. The van der Waals surface area contributed by atoms with E-state index in [1.165, 1.54) is 68.0 Å². The molecule has 4 aromatic carbocycles. The highest BCUT2D eigenvalue weighted by molar-refractivity contribution is 7.13. The number of amides is 6.